The van der Waals surface area contributed by atoms with Crippen LogP contribution < -0.4 is 0 Å². The molecular formula is C18H15F2N5O. The van der Waals surface area contributed by atoms with E-state index in [9.17, 15) is 8.78 Å². The van der Waals surface area contributed by atoms with E-state index in [1.54, 1.807) is 18.2 Å². The molecule has 2 aromatic heterocycles. The summed E-state index contributed by atoms with van der Waals surface area (Å²) in [5.41, 5.74) is 1.89. The Hall–Kier alpha value is -3.13. The van der Waals surface area contributed by atoms with Crippen LogP contribution in [0.1, 0.15) is 11.7 Å². The molecule has 4 rings (SSSR count). The number of H-pyrrole nitrogens is 1. The zero-order chi connectivity index (χ0) is 18.1. The lowest BCUT2D eigenvalue weighted by atomic mass is 10.2. The van der Waals surface area contributed by atoms with E-state index in [4.69, 9.17) is 4.42 Å². The van der Waals surface area contributed by atoms with Crippen LogP contribution in [0.2, 0.25) is 0 Å². The Bertz CT molecular complexity index is 1060. The van der Waals surface area contributed by atoms with Crippen LogP contribution in [0.15, 0.2) is 46.9 Å². The van der Waals surface area contributed by atoms with Gasteiger partial charge in [-0.15, -0.1) is 10.2 Å². The van der Waals surface area contributed by atoms with Gasteiger partial charge < -0.3 is 9.40 Å². The monoisotopic (exact) mass is 355 g/mol. The average Bonchev–Trinajstić information content (AvgIpc) is 3.20. The third-order valence-electron chi connectivity index (χ3n) is 3.86. The molecule has 0 unspecified atom stereocenters. The van der Waals surface area contributed by atoms with Crippen LogP contribution in [-0.2, 0) is 13.1 Å². The first-order valence-electron chi connectivity index (χ1n) is 7.98. The standard InChI is InChI=1S/C18H15F2N5O/c1-25(9-16-21-14-6-5-13(20)8-15(14)22-16)10-17-23-24-18(26-17)11-3-2-4-12(19)7-11/h2-8H,9-10H2,1H3,(H,21,22). The smallest absolute Gasteiger partial charge is 0.247 e. The molecule has 2 aromatic carbocycles. The molecule has 0 fully saturated rings. The van der Waals surface area contributed by atoms with Gasteiger partial charge in [-0.2, -0.15) is 0 Å². The first-order chi connectivity index (χ1) is 12.6. The predicted octanol–water partition coefficient (Wildman–Crippen LogP) is 3.52. The van der Waals surface area contributed by atoms with Crippen molar-refractivity contribution < 1.29 is 13.2 Å². The van der Waals surface area contributed by atoms with Gasteiger partial charge in [0.1, 0.15) is 17.5 Å². The maximum absolute atomic E-state index is 13.3. The molecule has 0 saturated heterocycles. The first kappa shape index (κ1) is 16.3. The second kappa shape index (κ2) is 6.64. The maximum Gasteiger partial charge on any atom is 0.247 e. The van der Waals surface area contributed by atoms with Crippen molar-refractivity contribution >= 4 is 11.0 Å². The maximum atomic E-state index is 13.3. The summed E-state index contributed by atoms with van der Waals surface area (Å²) < 4.78 is 32.1. The lowest BCUT2D eigenvalue weighted by Gasteiger charge is -2.11. The fourth-order valence-corrected chi connectivity index (χ4v) is 2.71. The number of hydrogen-bond donors (Lipinski definition) is 1. The van der Waals surface area contributed by atoms with Crippen molar-refractivity contribution in [2.75, 3.05) is 7.05 Å². The largest absolute Gasteiger partial charge is 0.419 e. The third kappa shape index (κ3) is 3.45. The predicted molar refractivity (Wildman–Crippen MR) is 90.9 cm³/mol. The van der Waals surface area contributed by atoms with E-state index in [0.717, 1.165) is 0 Å². The van der Waals surface area contributed by atoms with Crippen molar-refractivity contribution in [1.29, 1.82) is 0 Å². The summed E-state index contributed by atoms with van der Waals surface area (Å²) in [6, 6.07) is 10.4. The summed E-state index contributed by atoms with van der Waals surface area (Å²) in [5, 5.41) is 7.95. The summed E-state index contributed by atoms with van der Waals surface area (Å²) >= 11 is 0. The zero-order valence-corrected chi connectivity index (χ0v) is 13.9. The molecule has 132 valence electrons. The second-order valence-electron chi connectivity index (χ2n) is 6.03. The van der Waals surface area contributed by atoms with Crippen LogP contribution in [0.5, 0.6) is 0 Å². The minimum atomic E-state index is -0.360. The highest BCUT2D eigenvalue weighted by atomic mass is 19.1. The number of halogens is 2. The summed E-state index contributed by atoms with van der Waals surface area (Å²) in [7, 11) is 1.87. The first-order valence-corrected chi connectivity index (χ1v) is 7.98. The summed E-state index contributed by atoms with van der Waals surface area (Å²) in [5.74, 6) is 0.719. The highest BCUT2D eigenvalue weighted by Gasteiger charge is 2.13. The molecule has 0 saturated carbocycles. The number of imidazole rings is 1. The van der Waals surface area contributed by atoms with Gasteiger partial charge in [0.2, 0.25) is 11.8 Å². The molecule has 0 bridgehead atoms. The van der Waals surface area contributed by atoms with Gasteiger partial charge in [-0.3, -0.25) is 4.90 Å². The quantitative estimate of drug-likeness (QED) is 0.593. The lowest BCUT2D eigenvalue weighted by molar-refractivity contribution is 0.277. The van der Waals surface area contributed by atoms with Crippen molar-refractivity contribution in [3.8, 4) is 11.5 Å². The van der Waals surface area contributed by atoms with E-state index in [1.165, 1.54) is 24.3 Å². The Balaban J connectivity index is 1.45. The Morgan fingerprint density at radius 3 is 2.73 bits per heavy atom. The molecule has 0 aliphatic carbocycles. The van der Waals surface area contributed by atoms with Gasteiger partial charge in [0.05, 0.1) is 24.1 Å². The van der Waals surface area contributed by atoms with Gasteiger partial charge in [-0.05, 0) is 43.4 Å². The molecule has 0 radical (unpaired) electrons. The average molecular weight is 355 g/mol. The van der Waals surface area contributed by atoms with Crippen molar-refractivity contribution in [3.63, 3.8) is 0 Å². The number of fused-ring (bicyclic) bond motifs is 1. The van der Waals surface area contributed by atoms with Gasteiger partial charge in [-0.25, -0.2) is 13.8 Å². The molecule has 6 nitrogen and oxygen atoms in total. The normalized spacial score (nSPS) is 11.5. The molecule has 0 atom stereocenters. The fourth-order valence-electron chi connectivity index (χ4n) is 2.71. The van der Waals surface area contributed by atoms with Crippen molar-refractivity contribution in [1.82, 2.24) is 25.1 Å². The number of aromatic amines is 1. The Kier molecular flexibility index (Phi) is 4.18. The van der Waals surface area contributed by atoms with E-state index < -0.39 is 0 Å². The van der Waals surface area contributed by atoms with Crippen LogP contribution in [0, 0.1) is 11.6 Å². The SMILES string of the molecule is CN(Cc1nc2ccc(F)cc2[nH]1)Cc1nnc(-c2cccc(F)c2)o1. The van der Waals surface area contributed by atoms with E-state index in [2.05, 4.69) is 20.2 Å². The number of aromatic nitrogens is 4. The van der Waals surface area contributed by atoms with Crippen molar-refractivity contribution in [2.45, 2.75) is 13.1 Å². The molecule has 1 N–H and O–H groups in total. The minimum absolute atomic E-state index is 0.270. The molecule has 0 aliphatic rings. The number of rotatable bonds is 5. The minimum Gasteiger partial charge on any atom is -0.419 e. The number of benzene rings is 2. The molecule has 0 aliphatic heterocycles. The Labute approximate surface area is 147 Å². The third-order valence-corrected chi connectivity index (χ3v) is 3.86. The highest BCUT2D eigenvalue weighted by molar-refractivity contribution is 5.74. The van der Waals surface area contributed by atoms with Gasteiger partial charge in [0, 0.05) is 5.56 Å². The molecule has 8 heteroatoms. The zero-order valence-electron chi connectivity index (χ0n) is 13.9. The number of nitrogens with one attached hydrogen (secondary N) is 1. The Morgan fingerprint density at radius 2 is 1.88 bits per heavy atom. The number of hydrogen-bond acceptors (Lipinski definition) is 5. The van der Waals surface area contributed by atoms with E-state index >= 15 is 0 Å². The van der Waals surface area contributed by atoms with Crippen molar-refractivity contribution in [2.24, 2.45) is 0 Å². The summed E-state index contributed by atoms with van der Waals surface area (Å²) in [6.45, 7) is 0.891. The summed E-state index contributed by atoms with van der Waals surface area (Å²) in [6.07, 6.45) is 0. The lowest BCUT2D eigenvalue weighted by Crippen LogP contribution is -2.18. The molecule has 2 heterocycles. The summed E-state index contributed by atoms with van der Waals surface area (Å²) in [4.78, 5) is 9.44. The molecular weight excluding hydrogens is 340 g/mol. The molecule has 4 aromatic rings. The van der Waals surface area contributed by atoms with Crippen LogP contribution >= 0.6 is 0 Å². The van der Waals surface area contributed by atoms with Crippen LogP contribution in [-0.4, -0.2) is 32.1 Å². The topological polar surface area (TPSA) is 70.8 Å². The van der Waals surface area contributed by atoms with Gasteiger partial charge >= 0.3 is 0 Å². The van der Waals surface area contributed by atoms with E-state index in [1.807, 2.05) is 11.9 Å². The van der Waals surface area contributed by atoms with E-state index in [0.29, 0.717) is 41.4 Å². The molecule has 0 amide bonds. The van der Waals surface area contributed by atoms with Gasteiger partial charge in [0.25, 0.3) is 0 Å². The molecule has 26 heavy (non-hydrogen) atoms. The van der Waals surface area contributed by atoms with Crippen LogP contribution in [0.25, 0.3) is 22.5 Å². The number of nitrogens with zero attached hydrogens (tertiary/aromatic N) is 4. The molecule has 0 spiro atoms. The highest BCUT2D eigenvalue weighted by Crippen LogP contribution is 2.19. The van der Waals surface area contributed by atoms with Gasteiger partial charge in [0.15, 0.2) is 0 Å². The van der Waals surface area contributed by atoms with Crippen LogP contribution in [0.3, 0.4) is 0 Å². The Morgan fingerprint density at radius 1 is 1.04 bits per heavy atom. The van der Waals surface area contributed by atoms with Crippen LogP contribution in [0.4, 0.5) is 8.78 Å². The fraction of sp³-hybridized carbons (Fsp3) is 0.167. The van der Waals surface area contributed by atoms with Crippen molar-refractivity contribution in [3.05, 3.63) is 65.8 Å². The van der Waals surface area contributed by atoms with Gasteiger partial charge in [-0.1, -0.05) is 6.07 Å². The van der Waals surface area contributed by atoms with E-state index in [-0.39, 0.29) is 17.5 Å². The second-order valence-corrected chi connectivity index (χ2v) is 6.03.